The van der Waals surface area contributed by atoms with Crippen LogP contribution in [0, 0.1) is 6.92 Å². The molecule has 0 aliphatic heterocycles. The number of para-hydroxylation sites is 1. The van der Waals surface area contributed by atoms with Crippen molar-refractivity contribution in [3.63, 3.8) is 0 Å². The van der Waals surface area contributed by atoms with Crippen molar-refractivity contribution in [3.05, 3.63) is 66.0 Å². The summed E-state index contributed by atoms with van der Waals surface area (Å²) in [6.45, 7) is 1.78. The van der Waals surface area contributed by atoms with Gasteiger partial charge in [-0.1, -0.05) is 24.3 Å². The predicted octanol–water partition coefficient (Wildman–Crippen LogP) is 2.85. The molecule has 0 bridgehead atoms. The Morgan fingerprint density at radius 2 is 1.85 bits per heavy atom. The molecule has 0 aliphatic carbocycles. The Bertz CT molecular complexity index is 1090. The van der Waals surface area contributed by atoms with Gasteiger partial charge in [-0.05, 0) is 36.8 Å². The molecule has 1 aromatic heterocycles. The molecule has 0 radical (unpaired) electrons. The standard InChI is InChI=1S/C19H19N3O4S/c1-13-9-10-15(27(3,24)25)11-16(13)20-19(23)18-17(26-2)12-22(21-18)14-7-5-4-6-8-14/h4-12H,1-3H3,(H,20,23). The van der Waals surface area contributed by atoms with Crippen LogP contribution in [0.5, 0.6) is 5.75 Å². The molecule has 7 nitrogen and oxygen atoms in total. The average molecular weight is 385 g/mol. The molecular weight excluding hydrogens is 366 g/mol. The van der Waals surface area contributed by atoms with E-state index in [-0.39, 0.29) is 10.6 Å². The first-order valence-corrected chi connectivity index (χ1v) is 10.00. The zero-order chi connectivity index (χ0) is 19.6. The van der Waals surface area contributed by atoms with Crippen LogP contribution in [0.1, 0.15) is 16.1 Å². The van der Waals surface area contributed by atoms with Gasteiger partial charge in [0.2, 0.25) is 0 Å². The normalized spacial score (nSPS) is 11.2. The molecule has 1 N–H and O–H groups in total. The van der Waals surface area contributed by atoms with Gasteiger partial charge in [-0.25, -0.2) is 13.1 Å². The van der Waals surface area contributed by atoms with Crippen LogP contribution in [-0.2, 0) is 9.84 Å². The Hall–Kier alpha value is -3.13. The van der Waals surface area contributed by atoms with E-state index in [0.29, 0.717) is 11.4 Å². The van der Waals surface area contributed by atoms with E-state index < -0.39 is 15.7 Å². The van der Waals surface area contributed by atoms with Crippen molar-refractivity contribution in [3.8, 4) is 11.4 Å². The highest BCUT2D eigenvalue weighted by molar-refractivity contribution is 7.90. The van der Waals surface area contributed by atoms with Crippen molar-refractivity contribution in [2.75, 3.05) is 18.7 Å². The van der Waals surface area contributed by atoms with Gasteiger partial charge >= 0.3 is 0 Å². The fourth-order valence-corrected chi connectivity index (χ4v) is 3.17. The molecule has 140 valence electrons. The maximum Gasteiger partial charge on any atom is 0.280 e. The lowest BCUT2D eigenvalue weighted by molar-refractivity contribution is 0.101. The number of carbonyl (C=O) groups excluding carboxylic acids is 1. The Morgan fingerprint density at radius 3 is 2.48 bits per heavy atom. The molecule has 0 fully saturated rings. The molecule has 0 saturated carbocycles. The molecule has 2 aromatic carbocycles. The van der Waals surface area contributed by atoms with Gasteiger partial charge in [0.25, 0.3) is 5.91 Å². The first-order chi connectivity index (χ1) is 12.8. The van der Waals surface area contributed by atoms with Gasteiger partial charge in [-0.2, -0.15) is 5.10 Å². The van der Waals surface area contributed by atoms with Crippen molar-refractivity contribution < 1.29 is 17.9 Å². The van der Waals surface area contributed by atoms with E-state index in [1.807, 2.05) is 30.3 Å². The van der Waals surface area contributed by atoms with Gasteiger partial charge in [0.1, 0.15) is 0 Å². The SMILES string of the molecule is COc1cn(-c2ccccc2)nc1C(=O)Nc1cc(S(C)(=O)=O)ccc1C. The quantitative estimate of drug-likeness (QED) is 0.729. The summed E-state index contributed by atoms with van der Waals surface area (Å²) in [5, 5.41) is 7.03. The Labute approximate surface area is 157 Å². The molecule has 0 saturated heterocycles. The van der Waals surface area contributed by atoms with Crippen LogP contribution in [0.15, 0.2) is 59.6 Å². The third kappa shape index (κ3) is 4.01. The first-order valence-electron chi connectivity index (χ1n) is 8.11. The zero-order valence-electron chi connectivity index (χ0n) is 15.1. The van der Waals surface area contributed by atoms with Crippen molar-refractivity contribution in [2.24, 2.45) is 0 Å². The monoisotopic (exact) mass is 385 g/mol. The minimum atomic E-state index is -3.38. The summed E-state index contributed by atoms with van der Waals surface area (Å²) in [6, 6.07) is 13.9. The largest absolute Gasteiger partial charge is 0.493 e. The topological polar surface area (TPSA) is 90.3 Å². The van der Waals surface area contributed by atoms with Crippen LogP contribution in [0.2, 0.25) is 0 Å². The van der Waals surface area contributed by atoms with E-state index in [4.69, 9.17) is 4.74 Å². The van der Waals surface area contributed by atoms with Gasteiger partial charge in [0.15, 0.2) is 21.3 Å². The van der Waals surface area contributed by atoms with Gasteiger partial charge in [-0.3, -0.25) is 4.79 Å². The molecule has 3 rings (SSSR count). The number of nitrogens with one attached hydrogen (secondary N) is 1. The number of benzene rings is 2. The van der Waals surface area contributed by atoms with Crippen molar-refractivity contribution in [2.45, 2.75) is 11.8 Å². The van der Waals surface area contributed by atoms with E-state index in [0.717, 1.165) is 17.5 Å². The Morgan fingerprint density at radius 1 is 1.15 bits per heavy atom. The second-order valence-corrected chi connectivity index (χ2v) is 8.04. The van der Waals surface area contributed by atoms with Gasteiger partial charge in [0, 0.05) is 11.9 Å². The molecule has 8 heteroatoms. The smallest absolute Gasteiger partial charge is 0.280 e. The van der Waals surface area contributed by atoms with Gasteiger partial charge < -0.3 is 10.1 Å². The summed E-state index contributed by atoms with van der Waals surface area (Å²) >= 11 is 0. The number of hydrogen-bond donors (Lipinski definition) is 1. The number of anilines is 1. The third-order valence-electron chi connectivity index (χ3n) is 4.02. The fourth-order valence-electron chi connectivity index (χ4n) is 2.53. The lowest BCUT2D eigenvalue weighted by atomic mass is 10.2. The number of sulfone groups is 1. The number of aromatic nitrogens is 2. The number of rotatable bonds is 5. The number of ether oxygens (including phenoxy) is 1. The minimum absolute atomic E-state index is 0.102. The van der Waals surface area contributed by atoms with Gasteiger partial charge in [-0.15, -0.1) is 0 Å². The second-order valence-electron chi connectivity index (χ2n) is 6.03. The zero-order valence-corrected chi connectivity index (χ0v) is 15.9. The molecular formula is C19H19N3O4S. The van der Waals surface area contributed by atoms with Crippen molar-refractivity contribution in [1.82, 2.24) is 9.78 Å². The van der Waals surface area contributed by atoms with Crippen LogP contribution >= 0.6 is 0 Å². The number of carbonyl (C=O) groups is 1. The molecule has 3 aromatic rings. The highest BCUT2D eigenvalue weighted by atomic mass is 32.2. The molecule has 0 atom stereocenters. The number of methoxy groups -OCH3 is 1. The highest BCUT2D eigenvalue weighted by Gasteiger charge is 2.20. The van der Waals surface area contributed by atoms with Crippen LogP contribution < -0.4 is 10.1 Å². The van der Waals surface area contributed by atoms with E-state index in [9.17, 15) is 13.2 Å². The molecule has 0 unspecified atom stereocenters. The van der Waals surface area contributed by atoms with Crippen LogP contribution in [0.4, 0.5) is 5.69 Å². The van der Waals surface area contributed by atoms with E-state index in [1.165, 1.54) is 19.2 Å². The third-order valence-corrected chi connectivity index (χ3v) is 5.13. The predicted molar refractivity (Wildman–Crippen MR) is 102 cm³/mol. The lowest BCUT2D eigenvalue weighted by Gasteiger charge is -2.09. The highest BCUT2D eigenvalue weighted by Crippen LogP contribution is 2.24. The Kier molecular flexibility index (Phi) is 5.00. The number of hydrogen-bond acceptors (Lipinski definition) is 5. The van der Waals surface area contributed by atoms with Gasteiger partial charge in [0.05, 0.1) is 23.9 Å². The van der Waals surface area contributed by atoms with Crippen LogP contribution in [-0.4, -0.2) is 37.5 Å². The van der Waals surface area contributed by atoms with E-state index >= 15 is 0 Å². The first kappa shape index (κ1) is 18.7. The number of nitrogens with zero attached hydrogens (tertiary/aromatic N) is 2. The summed E-state index contributed by atoms with van der Waals surface area (Å²) in [4.78, 5) is 12.9. The summed E-state index contributed by atoms with van der Waals surface area (Å²) in [5.41, 5.74) is 2.02. The second kappa shape index (κ2) is 7.24. The van der Waals surface area contributed by atoms with E-state index in [2.05, 4.69) is 10.4 Å². The fraction of sp³-hybridized carbons (Fsp3) is 0.158. The van der Waals surface area contributed by atoms with Crippen molar-refractivity contribution >= 4 is 21.4 Å². The molecule has 0 spiro atoms. The molecule has 27 heavy (non-hydrogen) atoms. The molecule has 1 heterocycles. The average Bonchev–Trinajstić information content (AvgIpc) is 3.08. The Balaban J connectivity index is 1.94. The maximum absolute atomic E-state index is 12.7. The summed E-state index contributed by atoms with van der Waals surface area (Å²) < 4.78 is 30.4. The maximum atomic E-state index is 12.7. The number of amides is 1. The molecule has 0 aliphatic rings. The summed E-state index contributed by atoms with van der Waals surface area (Å²) in [7, 11) is -1.93. The number of aryl methyl sites for hydroxylation is 1. The summed E-state index contributed by atoms with van der Waals surface area (Å²) in [6.07, 6.45) is 2.73. The lowest BCUT2D eigenvalue weighted by Crippen LogP contribution is -2.15. The minimum Gasteiger partial charge on any atom is -0.493 e. The van der Waals surface area contributed by atoms with Crippen LogP contribution in [0.3, 0.4) is 0 Å². The van der Waals surface area contributed by atoms with Crippen molar-refractivity contribution in [1.29, 1.82) is 0 Å². The van der Waals surface area contributed by atoms with E-state index in [1.54, 1.807) is 23.9 Å². The molecule has 1 amide bonds. The van der Waals surface area contributed by atoms with Crippen LogP contribution in [0.25, 0.3) is 5.69 Å². The summed E-state index contributed by atoms with van der Waals surface area (Å²) in [5.74, 6) is -0.177.